The van der Waals surface area contributed by atoms with Crippen LogP contribution in [0.5, 0.6) is 5.88 Å². The summed E-state index contributed by atoms with van der Waals surface area (Å²) in [5, 5.41) is 2.87. The average molecular weight is 543 g/mol. The van der Waals surface area contributed by atoms with Crippen molar-refractivity contribution in [3.8, 4) is 17.0 Å². The number of pyridine rings is 1. The first-order chi connectivity index (χ1) is 17.7. The first-order valence-electron chi connectivity index (χ1n) is 12.0. The minimum absolute atomic E-state index is 0.0120. The maximum absolute atomic E-state index is 14.3. The maximum atomic E-state index is 14.3. The van der Waals surface area contributed by atoms with Gasteiger partial charge in [-0.3, -0.25) is 4.79 Å². The third-order valence-corrected chi connectivity index (χ3v) is 6.57. The molecule has 3 N–H and O–H groups in total. The molecule has 2 fully saturated rings. The SMILES string of the molecule is C[C@H](NC(=O)c1cnc(OCC(F)(F)F)c(-c2cc(F)cc(F)c2)c1N1CC[C@](C)(OC(N)=O)C1)C1CC1. The zero-order chi connectivity index (χ0) is 27.8. The first-order valence-corrected chi connectivity index (χ1v) is 12.0. The number of anilines is 1. The molecule has 1 saturated heterocycles. The monoisotopic (exact) mass is 542 g/mol. The van der Waals surface area contributed by atoms with Crippen LogP contribution < -0.4 is 20.7 Å². The van der Waals surface area contributed by atoms with Gasteiger partial charge in [0, 0.05) is 31.3 Å². The second-order valence-corrected chi connectivity index (χ2v) is 9.90. The van der Waals surface area contributed by atoms with Crippen LogP contribution in [0.25, 0.3) is 11.1 Å². The lowest BCUT2D eigenvalue weighted by Crippen LogP contribution is -2.39. The number of carbonyl (C=O) groups is 2. The smallest absolute Gasteiger partial charge is 0.422 e. The molecule has 0 bridgehead atoms. The Kier molecular flexibility index (Phi) is 7.39. The number of rotatable bonds is 8. The number of hydrogen-bond donors (Lipinski definition) is 2. The van der Waals surface area contributed by atoms with E-state index in [2.05, 4.69) is 10.3 Å². The fraction of sp³-hybridized carbons (Fsp3) is 0.480. The van der Waals surface area contributed by atoms with Gasteiger partial charge in [-0.2, -0.15) is 13.2 Å². The number of hydrogen-bond acceptors (Lipinski definition) is 6. The van der Waals surface area contributed by atoms with E-state index < -0.39 is 47.9 Å². The minimum Gasteiger partial charge on any atom is -0.468 e. The highest BCUT2D eigenvalue weighted by atomic mass is 19.4. The van der Waals surface area contributed by atoms with Crippen molar-refractivity contribution in [3.63, 3.8) is 0 Å². The lowest BCUT2D eigenvalue weighted by molar-refractivity contribution is -0.154. The van der Waals surface area contributed by atoms with E-state index in [1.165, 1.54) is 0 Å². The molecule has 206 valence electrons. The van der Waals surface area contributed by atoms with Crippen molar-refractivity contribution >= 4 is 17.7 Å². The molecule has 13 heteroatoms. The van der Waals surface area contributed by atoms with Crippen LogP contribution in [0.4, 0.5) is 32.4 Å². The lowest BCUT2D eigenvalue weighted by atomic mass is 9.99. The predicted octanol–water partition coefficient (Wildman–Crippen LogP) is 4.56. The minimum atomic E-state index is -4.73. The third-order valence-electron chi connectivity index (χ3n) is 6.57. The van der Waals surface area contributed by atoms with E-state index in [-0.39, 0.29) is 47.9 Å². The summed E-state index contributed by atoms with van der Waals surface area (Å²) in [7, 11) is 0. The number of nitrogens with one attached hydrogen (secondary N) is 1. The van der Waals surface area contributed by atoms with Crippen LogP contribution >= 0.6 is 0 Å². The molecule has 38 heavy (non-hydrogen) atoms. The van der Waals surface area contributed by atoms with Crippen LogP contribution in [-0.4, -0.2) is 54.5 Å². The van der Waals surface area contributed by atoms with E-state index in [0.717, 1.165) is 31.2 Å². The van der Waals surface area contributed by atoms with Gasteiger partial charge in [0.05, 0.1) is 23.4 Å². The fourth-order valence-electron chi connectivity index (χ4n) is 4.65. The topological polar surface area (TPSA) is 107 Å². The normalized spacial score (nSPS) is 20.2. The largest absolute Gasteiger partial charge is 0.468 e. The molecule has 1 aliphatic carbocycles. The van der Waals surface area contributed by atoms with Gasteiger partial charge in [0.15, 0.2) is 6.61 Å². The number of nitrogens with zero attached hydrogens (tertiary/aromatic N) is 2. The number of nitrogens with two attached hydrogens (primary N) is 1. The van der Waals surface area contributed by atoms with E-state index in [9.17, 15) is 31.5 Å². The number of benzene rings is 1. The van der Waals surface area contributed by atoms with Crippen molar-refractivity contribution in [2.45, 2.75) is 50.9 Å². The summed E-state index contributed by atoms with van der Waals surface area (Å²) in [4.78, 5) is 30.4. The Morgan fingerprint density at radius 3 is 2.47 bits per heavy atom. The number of ether oxygens (including phenoxy) is 2. The van der Waals surface area contributed by atoms with Gasteiger partial charge in [0.25, 0.3) is 5.91 Å². The molecular weight excluding hydrogens is 515 g/mol. The number of amides is 2. The molecule has 2 atom stereocenters. The summed E-state index contributed by atoms with van der Waals surface area (Å²) in [6, 6.07) is 2.24. The van der Waals surface area contributed by atoms with E-state index in [0.29, 0.717) is 12.0 Å². The molecule has 8 nitrogen and oxygen atoms in total. The Balaban J connectivity index is 1.88. The van der Waals surface area contributed by atoms with Gasteiger partial charge in [-0.25, -0.2) is 18.6 Å². The van der Waals surface area contributed by atoms with Crippen LogP contribution in [0.15, 0.2) is 24.4 Å². The number of halogens is 5. The first kappa shape index (κ1) is 27.4. The van der Waals surface area contributed by atoms with Gasteiger partial charge in [-0.15, -0.1) is 0 Å². The van der Waals surface area contributed by atoms with Crippen molar-refractivity contribution in [1.82, 2.24) is 10.3 Å². The molecule has 2 heterocycles. The van der Waals surface area contributed by atoms with E-state index in [1.807, 2.05) is 6.92 Å². The Morgan fingerprint density at radius 1 is 1.24 bits per heavy atom. The molecule has 2 amide bonds. The predicted molar refractivity (Wildman–Crippen MR) is 127 cm³/mol. The number of aromatic nitrogens is 1. The average Bonchev–Trinajstić information content (AvgIpc) is 3.58. The second kappa shape index (κ2) is 10.3. The number of carbonyl (C=O) groups excluding carboxylic acids is 2. The molecular formula is C25H27F5N4O4. The van der Waals surface area contributed by atoms with Crippen LogP contribution in [0.3, 0.4) is 0 Å². The summed E-state index contributed by atoms with van der Waals surface area (Å²) >= 11 is 0. The van der Waals surface area contributed by atoms with E-state index >= 15 is 0 Å². The fourth-order valence-corrected chi connectivity index (χ4v) is 4.65. The van der Waals surface area contributed by atoms with Crippen LogP contribution in [0.1, 0.15) is 43.5 Å². The summed E-state index contributed by atoms with van der Waals surface area (Å²) < 4.78 is 77.9. The molecule has 0 radical (unpaired) electrons. The Labute approximate surface area is 215 Å². The maximum Gasteiger partial charge on any atom is 0.422 e. The van der Waals surface area contributed by atoms with E-state index in [1.54, 1.807) is 11.8 Å². The summed E-state index contributed by atoms with van der Waals surface area (Å²) in [6.07, 6.45) is -2.54. The number of primary amides is 1. The zero-order valence-electron chi connectivity index (χ0n) is 20.7. The Hall–Kier alpha value is -3.64. The summed E-state index contributed by atoms with van der Waals surface area (Å²) in [5.41, 5.74) is 3.72. The molecule has 1 saturated carbocycles. The van der Waals surface area contributed by atoms with Crippen molar-refractivity contribution in [2.75, 3.05) is 24.6 Å². The van der Waals surface area contributed by atoms with Gasteiger partial charge in [0.2, 0.25) is 5.88 Å². The highest BCUT2D eigenvalue weighted by molar-refractivity contribution is 6.04. The molecule has 1 aliphatic heterocycles. The molecule has 4 rings (SSSR count). The Morgan fingerprint density at radius 2 is 1.89 bits per heavy atom. The highest BCUT2D eigenvalue weighted by Crippen LogP contribution is 2.44. The molecule has 1 aromatic heterocycles. The molecule has 2 aromatic rings. The summed E-state index contributed by atoms with van der Waals surface area (Å²) in [5.74, 6) is -2.84. The molecule has 0 spiro atoms. The van der Waals surface area contributed by atoms with Crippen molar-refractivity contribution < 1.29 is 41.0 Å². The van der Waals surface area contributed by atoms with Crippen molar-refractivity contribution in [1.29, 1.82) is 0 Å². The zero-order valence-corrected chi connectivity index (χ0v) is 20.7. The second-order valence-electron chi connectivity index (χ2n) is 9.90. The summed E-state index contributed by atoms with van der Waals surface area (Å²) in [6.45, 7) is 1.88. The standard InChI is InChI=1S/C25H27F5N4O4/c1-13(14-3-4-14)33-21(35)18-10-32-22(37-12-25(28,29)30)19(15-7-16(26)9-17(27)8-15)20(18)34-6-5-24(2,11-34)38-23(31)36/h7-10,13-14H,3-6,11-12H2,1-2H3,(H2,31,36)(H,33,35)/t13-,24-/m0/s1. The van der Waals surface area contributed by atoms with Crippen LogP contribution in [0.2, 0.25) is 0 Å². The third kappa shape index (κ3) is 6.43. The van der Waals surface area contributed by atoms with Gasteiger partial charge < -0.3 is 25.4 Å². The number of alkyl halides is 3. The molecule has 2 aliphatic rings. The quantitative estimate of drug-likeness (QED) is 0.474. The van der Waals surface area contributed by atoms with Gasteiger partial charge in [-0.1, -0.05) is 0 Å². The molecule has 1 aromatic carbocycles. The highest BCUT2D eigenvalue weighted by Gasteiger charge is 2.41. The van der Waals surface area contributed by atoms with Gasteiger partial charge in [-0.05, 0) is 50.3 Å². The van der Waals surface area contributed by atoms with Crippen molar-refractivity contribution in [3.05, 3.63) is 41.6 Å². The Bertz CT molecular complexity index is 1220. The van der Waals surface area contributed by atoms with Crippen LogP contribution in [-0.2, 0) is 4.74 Å². The van der Waals surface area contributed by atoms with E-state index in [4.69, 9.17) is 15.2 Å². The van der Waals surface area contributed by atoms with Gasteiger partial charge in [0.1, 0.15) is 17.2 Å². The lowest BCUT2D eigenvalue weighted by Gasteiger charge is -2.29. The molecule has 0 unspecified atom stereocenters. The van der Waals surface area contributed by atoms with Crippen molar-refractivity contribution in [2.24, 2.45) is 11.7 Å². The van der Waals surface area contributed by atoms with Crippen LogP contribution in [0, 0.1) is 17.6 Å². The van der Waals surface area contributed by atoms with Gasteiger partial charge >= 0.3 is 12.3 Å².